The highest BCUT2D eigenvalue weighted by Crippen LogP contribution is 2.75. The highest BCUT2D eigenvalue weighted by Gasteiger charge is 2.99. The number of hydrogen-bond donors (Lipinski definition) is 2. The Morgan fingerprint density at radius 3 is 2.53 bits per heavy atom. The van der Waals surface area contributed by atoms with E-state index in [1.807, 2.05) is 0 Å². The van der Waals surface area contributed by atoms with E-state index in [9.17, 15) is 19.8 Å². The van der Waals surface area contributed by atoms with Crippen molar-refractivity contribution in [1.29, 1.82) is 0 Å². The predicted octanol–water partition coefficient (Wildman–Crippen LogP) is 0.112. The Morgan fingerprint density at radius 1 is 1.23 bits per heavy atom. The molecule has 9 atom stereocenters. The highest BCUT2D eigenvalue weighted by atomic mass is 17.0. The Balaban J connectivity index is 1.67. The van der Waals surface area contributed by atoms with Gasteiger partial charge in [0.2, 0.25) is 11.6 Å². The van der Waals surface area contributed by atoms with Crippen LogP contribution in [0.15, 0.2) is 36.0 Å². The molecule has 0 radical (unpaired) electrons. The fourth-order valence-electron chi connectivity index (χ4n) is 5.41. The van der Waals surface area contributed by atoms with Crippen LogP contribution in [0.4, 0.5) is 0 Å². The summed E-state index contributed by atoms with van der Waals surface area (Å²) in [5.41, 5.74) is -0.411. The van der Waals surface area contributed by atoms with Crippen molar-refractivity contribution < 1.29 is 43.5 Å². The molecule has 4 bridgehead atoms. The number of carbonyl (C=O) groups excluding carboxylic acids is 2. The van der Waals surface area contributed by atoms with Crippen LogP contribution in [0.5, 0.6) is 0 Å². The Kier molecular flexibility index (Phi) is 3.85. The number of rotatable bonds is 3. The molecular formula is C21H24O9. The molecule has 5 rings (SSSR count). The summed E-state index contributed by atoms with van der Waals surface area (Å²) in [6, 6.07) is 0. The first kappa shape index (κ1) is 19.9. The third-order valence-corrected chi connectivity index (χ3v) is 6.93. The molecule has 30 heavy (non-hydrogen) atoms. The van der Waals surface area contributed by atoms with Crippen LogP contribution >= 0.6 is 0 Å². The maximum absolute atomic E-state index is 12.8. The summed E-state index contributed by atoms with van der Waals surface area (Å²) in [6.45, 7) is 11.3. The molecule has 5 aliphatic rings. The Bertz CT molecular complexity index is 923. The lowest BCUT2D eigenvalue weighted by molar-refractivity contribution is -0.189. The van der Waals surface area contributed by atoms with E-state index in [0.717, 1.165) is 0 Å². The van der Waals surface area contributed by atoms with Gasteiger partial charge in [-0.2, -0.15) is 0 Å². The average Bonchev–Trinajstić information content (AvgIpc) is 3.49. The molecule has 5 aliphatic heterocycles. The van der Waals surface area contributed by atoms with Crippen LogP contribution < -0.4 is 0 Å². The van der Waals surface area contributed by atoms with E-state index in [2.05, 4.69) is 13.2 Å². The first-order valence-electron chi connectivity index (χ1n) is 9.81. The molecular weight excluding hydrogens is 396 g/mol. The van der Waals surface area contributed by atoms with E-state index in [1.54, 1.807) is 13.8 Å². The number of epoxide rings is 2. The number of aliphatic hydroxyl groups excluding tert-OH is 2. The third kappa shape index (κ3) is 2.14. The molecule has 0 amide bonds. The second kappa shape index (κ2) is 5.80. The summed E-state index contributed by atoms with van der Waals surface area (Å²) in [5.74, 6) is -5.49. The molecule has 3 saturated heterocycles. The Hall–Kier alpha value is -2.04. The van der Waals surface area contributed by atoms with Crippen LogP contribution in [0.2, 0.25) is 0 Å². The van der Waals surface area contributed by atoms with Gasteiger partial charge >= 0.3 is 11.9 Å². The molecule has 0 aromatic heterocycles. The van der Waals surface area contributed by atoms with Crippen LogP contribution in [0.25, 0.3) is 0 Å². The molecule has 0 aromatic carbocycles. The molecule has 0 aliphatic carbocycles. The van der Waals surface area contributed by atoms with Gasteiger partial charge < -0.3 is 33.9 Å². The smallest absolute Gasteiger partial charge is 0.347 e. The van der Waals surface area contributed by atoms with Crippen LogP contribution in [-0.4, -0.2) is 70.9 Å². The Morgan fingerprint density at radius 2 is 1.93 bits per heavy atom. The van der Waals surface area contributed by atoms with E-state index in [4.69, 9.17) is 23.7 Å². The van der Waals surface area contributed by atoms with Crippen molar-refractivity contribution in [2.45, 2.75) is 61.9 Å². The lowest BCUT2D eigenvalue weighted by Gasteiger charge is -2.32. The Labute approximate surface area is 172 Å². The number of carbonyl (C=O) groups is 2. The van der Waals surface area contributed by atoms with Crippen LogP contribution in [0, 0.1) is 11.8 Å². The lowest BCUT2D eigenvalue weighted by atomic mass is 9.80. The van der Waals surface area contributed by atoms with Crippen molar-refractivity contribution in [2.75, 3.05) is 7.11 Å². The number of aliphatic hydroxyl groups is 2. The second-order valence-electron chi connectivity index (χ2n) is 8.81. The van der Waals surface area contributed by atoms with Gasteiger partial charge in [-0.05, 0) is 19.9 Å². The quantitative estimate of drug-likeness (QED) is 0.371. The number of fused-ring (bicyclic) bond motifs is 2. The minimum atomic E-state index is -1.51. The summed E-state index contributed by atoms with van der Waals surface area (Å²) in [7, 11) is 1.24. The van der Waals surface area contributed by atoms with Crippen molar-refractivity contribution in [1.82, 2.24) is 0 Å². The van der Waals surface area contributed by atoms with Crippen LogP contribution in [0.3, 0.4) is 0 Å². The van der Waals surface area contributed by atoms with Crippen molar-refractivity contribution in [3.05, 3.63) is 36.0 Å². The molecule has 9 nitrogen and oxygen atoms in total. The first-order chi connectivity index (χ1) is 14.0. The minimum absolute atomic E-state index is 0.0210. The molecule has 162 valence electrons. The van der Waals surface area contributed by atoms with Crippen molar-refractivity contribution in [2.24, 2.45) is 11.8 Å². The molecule has 2 spiro atoms. The van der Waals surface area contributed by atoms with Gasteiger partial charge in [-0.1, -0.05) is 24.3 Å². The third-order valence-electron chi connectivity index (χ3n) is 6.93. The standard InChI is InChI=1S/C21H24O9/c1-8(2)11-7-19-20(29-19,18(25)26-5)17-21(28-17,30-19)13(9(3)4)12-6-10(16(24)27-12)14(22)15(11)23/h6,11-15,17,22-23H,1,3,7H2,2,4-5H3. The highest BCUT2D eigenvalue weighted by molar-refractivity contribution is 5.92. The summed E-state index contributed by atoms with van der Waals surface area (Å²) < 4.78 is 28.5. The van der Waals surface area contributed by atoms with Gasteiger partial charge in [0.15, 0.2) is 6.10 Å². The van der Waals surface area contributed by atoms with Crippen LogP contribution in [-0.2, 0) is 33.3 Å². The molecule has 0 saturated carbocycles. The van der Waals surface area contributed by atoms with Crippen LogP contribution in [0.1, 0.15) is 20.3 Å². The van der Waals surface area contributed by atoms with Crippen molar-refractivity contribution in [3.8, 4) is 0 Å². The van der Waals surface area contributed by atoms with Crippen molar-refractivity contribution in [3.63, 3.8) is 0 Å². The number of hydrogen-bond acceptors (Lipinski definition) is 9. The SMILES string of the molecule is C=C(C)C1CC23OC4(OC4C2(C(=O)OC)O3)C(C(=C)C)C2C=C(C(=O)O2)C(O)C1O. The zero-order valence-electron chi connectivity index (χ0n) is 16.9. The fraction of sp³-hybridized carbons (Fsp3) is 0.619. The van der Waals surface area contributed by atoms with Gasteiger partial charge in [-0.25, -0.2) is 9.59 Å². The number of methoxy groups -OCH3 is 1. The zero-order chi connectivity index (χ0) is 21.8. The maximum Gasteiger partial charge on any atom is 0.347 e. The summed E-state index contributed by atoms with van der Waals surface area (Å²) in [5, 5.41) is 21.7. The van der Waals surface area contributed by atoms with E-state index in [-0.39, 0.29) is 12.0 Å². The second-order valence-corrected chi connectivity index (χ2v) is 8.81. The monoisotopic (exact) mass is 420 g/mol. The number of ether oxygens (including phenoxy) is 5. The number of esters is 2. The summed E-state index contributed by atoms with van der Waals surface area (Å²) in [4.78, 5) is 25.3. The predicted molar refractivity (Wildman–Crippen MR) is 98.5 cm³/mol. The molecule has 2 N–H and O–H groups in total. The minimum Gasteiger partial charge on any atom is -0.467 e. The van der Waals surface area contributed by atoms with Gasteiger partial charge in [-0.3, -0.25) is 0 Å². The van der Waals surface area contributed by atoms with Gasteiger partial charge in [0.05, 0.1) is 24.7 Å². The van der Waals surface area contributed by atoms with Gasteiger partial charge in [0.1, 0.15) is 12.2 Å². The topological polar surface area (TPSA) is 127 Å². The largest absolute Gasteiger partial charge is 0.467 e. The first-order valence-corrected chi connectivity index (χ1v) is 9.81. The van der Waals surface area contributed by atoms with E-state index >= 15 is 0 Å². The van der Waals surface area contributed by atoms with E-state index in [1.165, 1.54) is 13.2 Å². The van der Waals surface area contributed by atoms with Gasteiger partial charge in [0.25, 0.3) is 5.60 Å². The van der Waals surface area contributed by atoms with E-state index < -0.39 is 65.4 Å². The lowest BCUT2D eigenvalue weighted by Crippen LogP contribution is -2.43. The summed E-state index contributed by atoms with van der Waals surface area (Å²) in [6.07, 6.45) is -3.05. The van der Waals surface area contributed by atoms with E-state index in [0.29, 0.717) is 11.1 Å². The summed E-state index contributed by atoms with van der Waals surface area (Å²) >= 11 is 0. The maximum atomic E-state index is 12.8. The normalized spacial score (nSPS) is 50.3. The zero-order valence-corrected chi connectivity index (χ0v) is 16.9. The molecule has 9 heteroatoms. The molecule has 9 unspecified atom stereocenters. The van der Waals surface area contributed by atoms with Gasteiger partial charge in [0, 0.05) is 12.3 Å². The molecule has 5 heterocycles. The molecule has 3 fully saturated rings. The van der Waals surface area contributed by atoms with Crippen molar-refractivity contribution >= 4 is 11.9 Å². The fourth-order valence-corrected chi connectivity index (χ4v) is 5.41. The van der Waals surface area contributed by atoms with Gasteiger partial charge in [-0.15, -0.1) is 0 Å². The average molecular weight is 420 g/mol. The molecule has 0 aromatic rings.